The highest BCUT2D eigenvalue weighted by Gasteiger charge is 2.22. The van der Waals surface area contributed by atoms with Crippen molar-refractivity contribution in [2.45, 2.75) is 39.2 Å². The minimum absolute atomic E-state index is 0.692. The lowest BCUT2D eigenvalue weighted by Gasteiger charge is -2.15. The van der Waals surface area contributed by atoms with Crippen molar-refractivity contribution in [2.75, 3.05) is 33.4 Å². The summed E-state index contributed by atoms with van der Waals surface area (Å²) in [6.45, 7) is 5.97. The van der Waals surface area contributed by atoms with E-state index >= 15 is 0 Å². The lowest BCUT2D eigenvalue weighted by atomic mass is 10.2. The van der Waals surface area contributed by atoms with E-state index < -0.39 is 0 Å². The number of nitrogens with zero attached hydrogens (tertiary/aromatic N) is 1. The van der Waals surface area contributed by atoms with Gasteiger partial charge >= 0.3 is 0 Å². The van der Waals surface area contributed by atoms with Crippen molar-refractivity contribution in [3.8, 4) is 5.75 Å². The molecule has 0 atom stereocenters. The van der Waals surface area contributed by atoms with Crippen molar-refractivity contribution in [2.24, 2.45) is 10.9 Å². The second-order valence-corrected chi connectivity index (χ2v) is 6.18. The molecule has 0 bridgehead atoms. The fourth-order valence-corrected chi connectivity index (χ4v) is 2.27. The van der Waals surface area contributed by atoms with Crippen LogP contribution in [0, 0.1) is 5.92 Å². The highest BCUT2D eigenvalue weighted by molar-refractivity contribution is 5.79. The van der Waals surface area contributed by atoms with Crippen LogP contribution in [0.15, 0.2) is 29.3 Å². The van der Waals surface area contributed by atoms with E-state index in [1.54, 1.807) is 7.05 Å². The van der Waals surface area contributed by atoms with Gasteiger partial charge in [0.1, 0.15) is 5.75 Å². The molecule has 1 aliphatic carbocycles. The van der Waals surface area contributed by atoms with Crippen LogP contribution in [-0.4, -0.2) is 39.4 Å². The summed E-state index contributed by atoms with van der Waals surface area (Å²) in [5, 5.41) is 6.60. The number of benzene rings is 1. The number of hydrogen-bond acceptors (Lipinski definition) is 3. The van der Waals surface area contributed by atoms with Crippen molar-refractivity contribution in [1.29, 1.82) is 0 Å². The summed E-state index contributed by atoms with van der Waals surface area (Å²) in [5.41, 5.74) is 1.15. The zero-order valence-electron chi connectivity index (χ0n) is 15.0. The first kappa shape index (κ1) is 18.6. The van der Waals surface area contributed by atoms with Crippen LogP contribution >= 0.6 is 0 Å². The molecule has 2 rings (SSSR count). The van der Waals surface area contributed by atoms with Crippen LogP contribution in [0.25, 0.3) is 0 Å². The van der Waals surface area contributed by atoms with Crippen LogP contribution in [0.3, 0.4) is 0 Å². The van der Waals surface area contributed by atoms with Gasteiger partial charge in [0.25, 0.3) is 0 Å². The molecule has 0 spiro atoms. The second-order valence-electron chi connectivity index (χ2n) is 6.18. The van der Waals surface area contributed by atoms with Crippen LogP contribution in [0.4, 0.5) is 0 Å². The van der Waals surface area contributed by atoms with Crippen LogP contribution < -0.4 is 15.4 Å². The van der Waals surface area contributed by atoms with Gasteiger partial charge in [0.05, 0.1) is 13.2 Å². The van der Waals surface area contributed by atoms with Crippen molar-refractivity contribution < 1.29 is 9.47 Å². The first-order chi connectivity index (χ1) is 11.8. The molecule has 134 valence electrons. The van der Waals surface area contributed by atoms with E-state index in [-0.39, 0.29) is 0 Å². The van der Waals surface area contributed by atoms with Crippen LogP contribution in [0.5, 0.6) is 5.75 Å². The van der Waals surface area contributed by atoms with Crippen molar-refractivity contribution in [3.05, 3.63) is 29.8 Å². The molecule has 1 aromatic carbocycles. The van der Waals surface area contributed by atoms with Gasteiger partial charge in [0.15, 0.2) is 5.96 Å². The first-order valence-corrected chi connectivity index (χ1v) is 9.06. The largest absolute Gasteiger partial charge is 0.493 e. The Balaban J connectivity index is 1.70. The molecule has 1 aromatic rings. The molecule has 0 radical (unpaired) electrons. The predicted molar refractivity (Wildman–Crippen MR) is 98.6 cm³/mol. The lowest BCUT2D eigenvalue weighted by molar-refractivity contribution is 0.136. The third-order valence-electron chi connectivity index (χ3n) is 4.00. The number of rotatable bonds is 11. The summed E-state index contributed by atoms with van der Waals surface area (Å²) in [6, 6.07) is 8.19. The van der Waals surface area contributed by atoms with E-state index in [1.807, 2.05) is 18.2 Å². The van der Waals surface area contributed by atoms with Gasteiger partial charge < -0.3 is 20.1 Å². The quantitative estimate of drug-likeness (QED) is 0.371. The van der Waals surface area contributed by atoms with Gasteiger partial charge in [-0.3, -0.25) is 4.99 Å². The lowest BCUT2D eigenvalue weighted by Crippen LogP contribution is -2.38. The Kier molecular flexibility index (Phi) is 8.46. The second kappa shape index (κ2) is 10.9. The van der Waals surface area contributed by atoms with Crippen LogP contribution in [0.1, 0.15) is 38.2 Å². The maximum atomic E-state index is 5.94. The summed E-state index contributed by atoms with van der Waals surface area (Å²) in [5.74, 6) is 2.51. The highest BCUT2D eigenvalue weighted by atomic mass is 16.5. The smallest absolute Gasteiger partial charge is 0.191 e. The van der Waals surface area contributed by atoms with E-state index in [9.17, 15) is 0 Å². The van der Waals surface area contributed by atoms with E-state index in [0.29, 0.717) is 13.2 Å². The number of para-hydroxylation sites is 1. The number of hydrogen-bond donors (Lipinski definition) is 2. The van der Waals surface area contributed by atoms with E-state index in [1.165, 1.54) is 19.3 Å². The molecule has 1 fully saturated rings. The Morgan fingerprint density at radius 3 is 2.79 bits per heavy atom. The van der Waals surface area contributed by atoms with Gasteiger partial charge in [-0.1, -0.05) is 31.5 Å². The van der Waals surface area contributed by atoms with Crippen molar-refractivity contribution in [3.63, 3.8) is 0 Å². The molecule has 0 aliphatic heterocycles. The molecule has 5 nitrogen and oxygen atoms in total. The average Bonchev–Trinajstić information content (AvgIpc) is 3.44. The maximum absolute atomic E-state index is 5.94. The monoisotopic (exact) mass is 333 g/mol. The molecular formula is C19H31N3O2. The molecule has 0 unspecified atom stereocenters. The molecule has 0 heterocycles. The molecule has 1 saturated carbocycles. The van der Waals surface area contributed by atoms with Crippen LogP contribution in [-0.2, 0) is 11.3 Å². The topological polar surface area (TPSA) is 54.9 Å². The molecule has 0 aromatic heterocycles. The van der Waals surface area contributed by atoms with Gasteiger partial charge in [0, 0.05) is 32.3 Å². The summed E-state index contributed by atoms with van der Waals surface area (Å²) in [4.78, 5) is 4.25. The minimum atomic E-state index is 0.692. The van der Waals surface area contributed by atoms with E-state index in [2.05, 4.69) is 28.6 Å². The van der Waals surface area contributed by atoms with E-state index in [4.69, 9.17) is 9.47 Å². The summed E-state index contributed by atoms with van der Waals surface area (Å²) < 4.78 is 11.5. The number of nitrogens with one attached hydrogen (secondary N) is 2. The van der Waals surface area contributed by atoms with Crippen molar-refractivity contribution >= 4 is 5.96 Å². The molecule has 24 heavy (non-hydrogen) atoms. The van der Waals surface area contributed by atoms with Gasteiger partial charge in [-0.25, -0.2) is 0 Å². The number of aliphatic imine (C=N–C) groups is 1. The Hall–Kier alpha value is -1.75. The standard InChI is InChI=1S/C19H31N3O2/c1-3-4-12-23-13-11-21-19(20-2)22-14-17-7-5-6-8-18(17)24-15-16-9-10-16/h5-8,16H,3-4,9-15H2,1-2H3,(H2,20,21,22). The van der Waals surface area contributed by atoms with Gasteiger partial charge in [-0.2, -0.15) is 0 Å². The zero-order valence-corrected chi connectivity index (χ0v) is 15.0. The maximum Gasteiger partial charge on any atom is 0.191 e. The molecule has 2 N–H and O–H groups in total. The fraction of sp³-hybridized carbons (Fsp3) is 0.632. The SMILES string of the molecule is CCCCOCCNC(=NC)NCc1ccccc1OCC1CC1. The average molecular weight is 333 g/mol. The Bertz CT molecular complexity index is 501. The minimum Gasteiger partial charge on any atom is -0.493 e. The fourth-order valence-electron chi connectivity index (χ4n) is 2.27. The predicted octanol–water partition coefficient (Wildman–Crippen LogP) is 2.96. The van der Waals surface area contributed by atoms with Crippen LogP contribution in [0.2, 0.25) is 0 Å². The van der Waals surface area contributed by atoms with Crippen molar-refractivity contribution in [1.82, 2.24) is 10.6 Å². The third-order valence-corrected chi connectivity index (χ3v) is 4.00. The number of unbranched alkanes of at least 4 members (excludes halogenated alkanes) is 1. The Labute approximate surface area is 145 Å². The molecule has 0 amide bonds. The molecule has 0 saturated heterocycles. The number of ether oxygens (including phenoxy) is 2. The third kappa shape index (κ3) is 7.21. The molecule has 5 heteroatoms. The van der Waals surface area contributed by atoms with Gasteiger partial charge in [-0.15, -0.1) is 0 Å². The van der Waals surface area contributed by atoms with Gasteiger partial charge in [-0.05, 0) is 31.2 Å². The molecule has 1 aliphatic rings. The zero-order chi connectivity index (χ0) is 17.0. The first-order valence-electron chi connectivity index (χ1n) is 9.06. The summed E-state index contributed by atoms with van der Waals surface area (Å²) >= 11 is 0. The van der Waals surface area contributed by atoms with Gasteiger partial charge in [0.2, 0.25) is 0 Å². The summed E-state index contributed by atoms with van der Waals surface area (Å²) in [7, 11) is 1.78. The summed E-state index contributed by atoms with van der Waals surface area (Å²) in [6.07, 6.45) is 4.89. The van der Waals surface area contributed by atoms with E-state index in [0.717, 1.165) is 49.4 Å². The molecular weight excluding hydrogens is 302 g/mol. The highest BCUT2D eigenvalue weighted by Crippen LogP contribution is 2.30. The normalized spacial score (nSPS) is 14.5. The Morgan fingerprint density at radius 2 is 2.04 bits per heavy atom. The Morgan fingerprint density at radius 1 is 1.21 bits per heavy atom. The number of guanidine groups is 1.